The molecule has 0 aliphatic rings. The van der Waals surface area contributed by atoms with E-state index in [-0.39, 0.29) is 18.2 Å². The molecule has 2 aromatic carbocycles. The van der Waals surface area contributed by atoms with Crippen LogP contribution in [0, 0.1) is 0 Å². The summed E-state index contributed by atoms with van der Waals surface area (Å²) in [6, 6.07) is 12.1. The molecular formula is C21H21ClN4O3. The number of amides is 2. The highest BCUT2D eigenvalue weighted by molar-refractivity contribution is 6.32. The third-order valence-corrected chi connectivity index (χ3v) is 4.54. The van der Waals surface area contributed by atoms with Crippen molar-refractivity contribution in [3.63, 3.8) is 0 Å². The topological polar surface area (TPSA) is 85.2 Å². The summed E-state index contributed by atoms with van der Waals surface area (Å²) in [5.41, 5.74) is 1.94. The van der Waals surface area contributed by atoms with E-state index in [1.54, 1.807) is 66.8 Å². The van der Waals surface area contributed by atoms with Gasteiger partial charge in [0.15, 0.2) is 0 Å². The van der Waals surface area contributed by atoms with Crippen molar-refractivity contribution in [2.45, 2.75) is 12.8 Å². The molecule has 2 amide bonds. The monoisotopic (exact) mass is 412 g/mol. The maximum absolute atomic E-state index is 12.1. The number of ether oxygens (including phenoxy) is 1. The highest BCUT2D eigenvalue weighted by Crippen LogP contribution is 2.24. The molecule has 1 heterocycles. The zero-order valence-electron chi connectivity index (χ0n) is 15.9. The van der Waals surface area contributed by atoms with E-state index in [1.807, 2.05) is 6.07 Å². The van der Waals surface area contributed by atoms with E-state index in [0.717, 1.165) is 5.69 Å². The minimum absolute atomic E-state index is 0.143. The Morgan fingerprint density at radius 2 is 1.97 bits per heavy atom. The minimum Gasteiger partial charge on any atom is -0.497 e. The number of nitrogens with one attached hydrogen (secondary N) is 2. The fourth-order valence-corrected chi connectivity index (χ4v) is 2.99. The largest absolute Gasteiger partial charge is 0.497 e. The van der Waals surface area contributed by atoms with Gasteiger partial charge in [0.1, 0.15) is 5.75 Å². The fourth-order valence-electron chi connectivity index (χ4n) is 2.71. The van der Waals surface area contributed by atoms with E-state index in [9.17, 15) is 9.59 Å². The van der Waals surface area contributed by atoms with Gasteiger partial charge in [-0.1, -0.05) is 11.6 Å². The first kappa shape index (κ1) is 20.4. The lowest BCUT2D eigenvalue weighted by Crippen LogP contribution is -2.25. The number of methoxy groups -OCH3 is 1. The Hall–Kier alpha value is -3.32. The summed E-state index contributed by atoms with van der Waals surface area (Å²) in [6.45, 7) is 0.401. The molecule has 0 radical (unpaired) electrons. The van der Waals surface area contributed by atoms with Gasteiger partial charge in [-0.3, -0.25) is 9.59 Å². The molecular weight excluding hydrogens is 392 g/mol. The molecule has 3 aromatic rings. The van der Waals surface area contributed by atoms with Crippen molar-refractivity contribution in [1.82, 2.24) is 14.9 Å². The number of anilines is 1. The average molecular weight is 413 g/mol. The van der Waals surface area contributed by atoms with Crippen molar-refractivity contribution < 1.29 is 14.3 Å². The third kappa shape index (κ3) is 5.58. The Labute approximate surface area is 173 Å². The van der Waals surface area contributed by atoms with Gasteiger partial charge in [-0.05, 0) is 48.9 Å². The van der Waals surface area contributed by atoms with E-state index >= 15 is 0 Å². The Morgan fingerprint density at radius 3 is 2.62 bits per heavy atom. The lowest BCUT2D eigenvalue weighted by atomic mass is 10.2. The summed E-state index contributed by atoms with van der Waals surface area (Å²) in [4.78, 5) is 28.2. The number of halogens is 1. The van der Waals surface area contributed by atoms with Gasteiger partial charge in [-0.25, -0.2) is 4.98 Å². The van der Waals surface area contributed by atoms with Crippen molar-refractivity contribution in [3.8, 4) is 11.4 Å². The van der Waals surface area contributed by atoms with Crippen molar-refractivity contribution in [2.24, 2.45) is 0 Å². The Balaban J connectivity index is 1.43. The normalized spacial score (nSPS) is 10.4. The number of nitrogens with zero attached hydrogens (tertiary/aromatic N) is 2. The highest BCUT2D eigenvalue weighted by atomic mass is 35.5. The van der Waals surface area contributed by atoms with Crippen molar-refractivity contribution in [1.29, 1.82) is 0 Å². The second-order valence-corrected chi connectivity index (χ2v) is 6.68. The maximum Gasteiger partial charge on any atom is 0.251 e. The van der Waals surface area contributed by atoms with Gasteiger partial charge in [0.05, 0.1) is 24.1 Å². The molecule has 2 N–H and O–H groups in total. The van der Waals surface area contributed by atoms with Crippen LogP contribution in [0.5, 0.6) is 5.75 Å². The number of rotatable bonds is 8. The maximum atomic E-state index is 12.1. The molecule has 8 heteroatoms. The highest BCUT2D eigenvalue weighted by Gasteiger charge is 2.08. The van der Waals surface area contributed by atoms with Crippen LogP contribution in [0.1, 0.15) is 23.2 Å². The average Bonchev–Trinajstić information content (AvgIpc) is 3.26. The van der Waals surface area contributed by atoms with Crippen LogP contribution >= 0.6 is 11.6 Å². The summed E-state index contributed by atoms with van der Waals surface area (Å²) >= 11 is 6.29. The van der Waals surface area contributed by atoms with Gasteiger partial charge in [-0.2, -0.15) is 0 Å². The second-order valence-electron chi connectivity index (χ2n) is 6.27. The molecule has 0 spiro atoms. The van der Waals surface area contributed by atoms with E-state index in [4.69, 9.17) is 16.3 Å². The lowest BCUT2D eigenvalue weighted by Gasteiger charge is -2.10. The Morgan fingerprint density at radius 1 is 1.17 bits per heavy atom. The Bertz CT molecular complexity index is 972. The van der Waals surface area contributed by atoms with Gasteiger partial charge in [0.2, 0.25) is 5.91 Å². The molecule has 7 nitrogen and oxygen atoms in total. The van der Waals surface area contributed by atoms with Crippen molar-refractivity contribution in [2.75, 3.05) is 19.0 Å². The summed E-state index contributed by atoms with van der Waals surface area (Å²) in [6.07, 6.45) is 5.91. The van der Waals surface area contributed by atoms with Crippen molar-refractivity contribution >= 4 is 29.1 Å². The van der Waals surface area contributed by atoms with Crippen LogP contribution in [-0.2, 0) is 4.79 Å². The van der Waals surface area contributed by atoms with Crippen molar-refractivity contribution in [3.05, 3.63) is 71.8 Å². The zero-order chi connectivity index (χ0) is 20.6. The van der Waals surface area contributed by atoms with Crippen LogP contribution in [0.2, 0.25) is 5.02 Å². The van der Waals surface area contributed by atoms with Crippen LogP contribution < -0.4 is 15.4 Å². The number of carbonyl (C=O) groups excluding carboxylic acids is 2. The second kappa shape index (κ2) is 9.75. The molecule has 150 valence electrons. The summed E-state index contributed by atoms with van der Waals surface area (Å²) in [7, 11) is 1.57. The first-order valence-electron chi connectivity index (χ1n) is 9.07. The quantitative estimate of drug-likeness (QED) is 0.552. The van der Waals surface area contributed by atoms with E-state index in [0.29, 0.717) is 35.0 Å². The van der Waals surface area contributed by atoms with Gasteiger partial charge >= 0.3 is 0 Å². The minimum atomic E-state index is -0.185. The molecule has 0 atom stereocenters. The van der Waals surface area contributed by atoms with Crippen LogP contribution in [0.4, 0.5) is 5.69 Å². The number of hydrogen-bond donors (Lipinski definition) is 2. The number of hydrogen-bond acceptors (Lipinski definition) is 4. The standard InChI is InChI=1S/C21H21ClN4O3/c1-29-17-7-4-15(5-8-17)21(28)24-10-2-3-20(27)25-16-6-9-19(18(22)13-16)26-12-11-23-14-26/h4-9,11-14H,2-3,10H2,1H3,(H,24,28)(H,25,27). The van der Waals surface area contributed by atoms with Gasteiger partial charge < -0.3 is 19.9 Å². The first-order valence-corrected chi connectivity index (χ1v) is 9.44. The zero-order valence-corrected chi connectivity index (χ0v) is 16.6. The SMILES string of the molecule is COc1ccc(C(=O)NCCCC(=O)Nc2ccc(-n3ccnc3)c(Cl)c2)cc1. The lowest BCUT2D eigenvalue weighted by molar-refractivity contribution is -0.116. The summed E-state index contributed by atoms with van der Waals surface area (Å²) in [5, 5.41) is 6.12. The van der Waals surface area contributed by atoms with Crippen LogP contribution in [0.3, 0.4) is 0 Å². The molecule has 0 aliphatic heterocycles. The third-order valence-electron chi connectivity index (χ3n) is 4.23. The summed E-state index contributed by atoms with van der Waals surface area (Å²) < 4.78 is 6.86. The molecule has 0 saturated carbocycles. The molecule has 0 aliphatic carbocycles. The van der Waals surface area contributed by atoms with E-state index in [2.05, 4.69) is 15.6 Å². The van der Waals surface area contributed by atoms with Crippen LogP contribution in [0.15, 0.2) is 61.2 Å². The fraction of sp³-hybridized carbons (Fsp3) is 0.190. The van der Waals surface area contributed by atoms with Gasteiger partial charge in [0, 0.05) is 36.6 Å². The van der Waals surface area contributed by atoms with E-state index < -0.39 is 0 Å². The molecule has 0 unspecified atom stereocenters. The number of benzene rings is 2. The molecule has 29 heavy (non-hydrogen) atoms. The summed E-state index contributed by atoms with van der Waals surface area (Å²) in [5.74, 6) is 0.362. The predicted octanol–water partition coefficient (Wildman–Crippen LogP) is 3.68. The van der Waals surface area contributed by atoms with Gasteiger partial charge in [0.25, 0.3) is 5.91 Å². The molecule has 0 bridgehead atoms. The molecule has 3 rings (SSSR count). The number of carbonyl (C=O) groups is 2. The Kier molecular flexibility index (Phi) is 6.86. The van der Waals surface area contributed by atoms with Crippen LogP contribution in [-0.4, -0.2) is 35.0 Å². The number of imidazole rings is 1. The first-order chi connectivity index (χ1) is 14.1. The van der Waals surface area contributed by atoms with Gasteiger partial charge in [-0.15, -0.1) is 0 Å². The van der Waals surface area contributed by atoms with Crippen LogP contribution in [0.25, 0.3) is 5.69 Å². The number of aromatic nitrogens is 2. The molecule has 0 saturated heterocycles. The molecule has 1 aromatic heterocycles. The molecule has 0 fully saturated rings. The van der Waals surface area contributed by atoms with E-state index in [1.165, 1.54) is 0 Å². The predicted molar refractivity (Wildman–Crippen MR) is 112 cm³/mol. The smallest absolute Gasteiger partial charge is 0.251 e.